The summed E-state index contributed by atoms with van der Waals surface area (Å²) in [5.41, 5.74) is 1.42. The lowest BCUT2D eigenvalue weighted by molar-refractivity contribution is -0.132. The molecule has 1 aliphatic carbocycles. The van der Waals surface area contributed by atoms with Gasteiger partial charge in [0.15, 0.2) is 0 Å². The van der Waals surface area contributed by atoms with Crippen LogP contribution in [-0.4, -0.2) is 25.1 Å². The van der Waals surface area contributed by atoms with Crippen molar-refractivity contribution in [2.24, 2.45) is 0 Å². The maximum atomic E-state index is 12.9. The van der Waals surface area contributed by atoms with Gasteiger partial charge in [-0.3, -0.25) is 0 Å². The highest BCUT2D eigenvalue weighted by molar-refractivity contribution is 7.10. The molecule has 1 aliphatic rings. The molecule has 1 aromatic heterocycles. The van der Waals surface area contributed by atoms with Gasteiger partial charge >= 0.3 is 12.1 Å². The number of carboxylic acids is 1. The van der Waals surface area contributed by atoms with E-state index in [4.69, 9.17) is 19.4 Å². The van der Waals surface area contributed by atoms with Gasteiger partial charge in [0.2, 0.25) is 0 Å². The van der Waals surface area contributed by atoms with Crippen molar-refractivity contribution in [1.29, 1.82) is 0 Å². The van der Waals surface area contributed by atoms with Gasteiger partial charge in [-0.15, -0.1) is 17.8 Å². The van der Waals surface area contributed by atoms with E-state index in [-0.39, 0.29) is 11.0 Å². The minimum atomic E-state index is -4.35. The number of halogens is 3. The molecule has 138 valence electrons. The average molecular weight is 388 g/mol. The molecule has 0 amide bonds. The smallest absolute Gasteiger partial charge is 0.416 e. The third kappa shape index (κ3) is 5.51. The molecule has 1 N–H and O–H groups in total. The topological polar surface area (TPSA) is 37.3 Å². The molecular weight excluding hydrogens is 372 g/mol. The van der Waals surface area contributed by atoms with Crippen molar-refractivity contribution in [2.75, 3.05) is 0 Å². The highest BCUT2D eigenvalue weighted by atomic mass is 32.1. The van der Waals surface area contributed by atoms with Crippen LogP contribution in [0.4, 0.5) is 13.2 Å². The van der Waals surface area contributed by atoms with Gasteiger partial charge in [-0.25, -0.2) is 4.79 Å². The van der Waals surface area contributed by atoms with Crippen molar-refractivity contribution >= 4 is 30.7 Å². The molecule has 0 bridgehead atoms. The summed E-state index contributed by atoms with van der Waals surface area (Å²) in [7, 11) is 5.89. The maximum Gasteiger partial charge on any atom is 0.416 e. The van der Waals surface area contributed by atoms with Crippen LogP contribution in [0, 0.1) is 12.3 Å². The lowest BCUT2D eigenvalue weighted by Crippen LogP contribution is -2.12. The Morgan fingerprint density at radius 2 is 2.19 bits per heavy atom. The van der Waals surface area contributed by atoms with Gasteiger partial charge in [0.25, 0.3) is 0 Å². The monoisotopic (exact) mass is 388 g/mol. The number of aliphatic carboxylic acids is 1. The summed E-state index contributed by atoms with van der Waals surface area (Å²) >= 11 is 1.37. The van der Waals surface area contributed by atoms with E-state index in [0.29, 0.717) is 30.4 Å². The van der Waals surface area contributed by atoms with E-state index >= 15 is 0 Å². The van der Waals surface area contributed by atoms with Crippen LogP contribution in [0.15, 0.2) is 51.9 Å². The molecule has 0 fully saturated rings. The number of carboxylic acid groups (broad SMARTS) is 1. The van der Waals surface area contributed by atoms with E-state index in [2.05, 4.69) is 5.92 Å². The molecule has 27 heavy (non-hydrogen) atoms. The number of carbonyl (C=O) groups is 1. The highest BCUT2D eigenvalue weighted by Crippen LogP contribution is 2.36. The Hall–Kier alpha value is -2.46. The largest absolute Gasteiger partial charge is 0.478 e. The fourth-order valence-electron chi connectivity index (χ4n) is 2.56. The van der Waals surface area contributed by atoms with Crippen molar-refractivity contribution in [3.63, 3.8) is 0 Å². The van der Waals surface area contributed by atoms with Crippen molar-refractivity contribution in [2.45, 2.75) is 32.4 Å². The second-order valence-electron chi connectivity index (χ2n) is 6.05. The summed E-state index contributed by atoms with van der Waals surface area (Å²) in [4.78, 5) is 11.7. The van der Waals surface area contributed by atoms with Crippen LogP contribution in [0.25, 0.3) is 5.57 Å². The van der Waals surface area contributed by atoms with E-state index in [9.17, 15) is 18.0 Å². The first kappa shape index (κ1) is 20.9. The van der Waals surface area contributed by atoms with E-state index in [1.807, 2.05) is 0 Å². The van der Waals surface area contributed by atoms with Crippen LogP contribution in [0.5, 0.6) is 0 Å². The number of rotatable bonds is 5. The zero-order valence-corrected chi connectivity index (χ0v) is 15.4. The van der Waals surface area contributed by atoms with Crippen LogP contribution in [0.1, 0.15) is 30.2 Å². The fraction of sp³-hybridized carbons (Fsp3) is 0.250. The number of terminal acetylenes is 1. The summed E-state index contributed by atoms with van der Waals surface area (Å²) < 4.78 is 38.7. The first-order chi connectivity index (χ1) is 12.6. The average Bonchev–Trinajstić information content (AvgIpc) is 3.07. The SMILES string of the molecule is [B]C(/C=C(\C)C(=O)O)=C(/C#C)Cc1cc(C2=CC(C(F)(F)F)=CCC2)cs1. The van der Waals surface area contributed by atoms with Gasteiger partial charge in [0.1, 0.15) is 7.85 Å². The zero-order valence-electron chi connectivity index (χ0n) is 14.6. The van der Waals surface area contributed by atoms with Gasteiger partial charge in [-0.2, -0.15) is 13.2 Å². The summed E-state index contributed by atoms with van der Waals surface area (Å²) in [6.07, 6.45) is 6.01. The maximum absolute atomic E-state index is 12.9. The Balaban J connectivity index is 2.24. The van der Waals surface area contributed by atoms with E-state index in [1.165, 1.54) is 36.5 Å². The Morgan fingerprint density at radius 3 is 2.78 bits per heavy atom. The van der Waals surface area contributed by atoms with Crippen LogP contribution < -0.4 is 0 Å². The number of hydrogen-bond donors (Lipinski definition) is 1. The summed E-state index contributed by atoms with van der Waals surface area (Å²) in [6, 6.07) is 1.80. The fourth-order valence-corrected chi connectivity index (χ4v) is 3.48. The molecule has 0 aliphatic heterocycles. The zero-order chi connectivity index (χ0) is 20.2. The second kappa shape index (κ2) is 8.49. The molecule has 0 saturated heterocycles. The van der Waals surface area contributed by atoms with Crippen molar-refractivity contribution in [1.82, 2.24) is 0 Å². The Labute approximate surface area is 161 Å². The normalized spacial score (nSPS) is 16.2. The van der Waals surface area contributed by atoms with Crippen LogP contribution in [0.2, 0.25) is 0 Å². The highest BCUT2D eigenvalue weighted by Gasteiger charge is 2.33. The number of hydrogen-bond acceptors (Lipinski definition) is 2. The van der Waals surface area contributed by atoms with Crippen molar-refractivity contribution < 1.29 is 23.1 Å². The number of allylic oxidation sites excluding steroid dienone is 7. The summed E-state index contributed by atoms with van der Waals surface area (Å²) in [6.45, 7) is 1.41. The van der Waals surface area contributed by atoms with Gasteiger partial charge in [-0.05, 0) is 54.0 Å². The molecule has 2 nitrogen and oxygen atoms in total. The van der Waals surface area contributed by atoms with E-state index in [1.54, 1.807) is 11.4 Å². The van der Waals surface area contributed by atoms with E-state index < -0.39 is 17.7 Å². The van der Waals surface area contributed by atoms with Gasteiger partial charge in [-0.1, -0.05) is 23.5 Å². The predicted octanol–water partition coefficient (Wildman–Crippen LogP) is 5.04. The van der Waals surface area contributed by atoms with Gasteiger partial charge in [0, 0.05) is 16.9 Å². The third-order valence-corrected chi connectivity index (χ3v) is 4.98. The molecule has 1 heterocycles. The summed E-state index contributed by atoms with van der Waals surface area (Å²) in [5, 5.41) is 10.7. The minimum absolute atomic E-state index is 0.0611. The molecule has 0 saturated carbocycles. The minimum Gasteiger partial charge on any atom is -0.478 e. The third-order valence-electron chi connectivity index (χ3n) is 4.04. The van der Waals surface area contributed by atoms with Crippen LogP contribution >= 0.6 is 11.3 Å². The standard InChI is InChI=1S/C20H16BF3O2S/c1-3-13(18(21)7-12(2)19(25)26)9-17-10-15(11-27-17)14-5-4-6-16(8-14)20(22,23)24/h1,6-8,10-11H,4-5,9H2,2H3,(H,25,26)/b12-7+,18-13-. The first-order valence-electron chi connectivity index (χ1n) is 8.04. The molecule has 1 aromatic rings. The second-order valence-corrected chi connectivity index (χ2v) is 7.05. The molecule has 2 rings (SSSR count). The summed E-state index contributed by atoms with van der Waals surface area (Å²) in [5.74, 6) is 1.37. The molecule has 7 heteroatoms. The first-order valence-corrected chi connectivity index (χ1v) is 8.92. The lowest BCUT2D eigenvalue weighted by Gasteiger charge is -2.15. The number of alkyl halides is 3. The Morgan fingerprint density at radius 1 is 1.48 bits per heavy atom. The Kier molecular flexibility index (Phi) is 6.56. The molecule has 2 radical (unpaired) electrons. The van der Waals surface area contributed by atoms with Crippen LogP contribution in [0.3, 0.4) is 0 Å². The quantitative estimate of drug-likeness (QED) is 0.332. The van der Waals surface area contributed by atoms with Gasteiger partial charge in [0.05, 0.1) is 5.57 Å². The molecular formula is C20H16BF3O2S. The lowest BCUT2D eigenvalue weighted by atomic mass is 9.87. The van der Waals surface area contributed by atoms with E-state index in [0.717, 1.165) is 10.4 Å². The molecule has 0 unspecified atom stereocenters. The van der Waals surface area contributed by atoms with Gasteiger partial charge < -0.3 is 5.11 Å². The number of thiophene rings is 1. The predicted molar refractivity (Wildman–Crippen MR) is 102 cm³/mol. The molecule has 0 atom stereocenters. The van der Waals surface area contributed by atoms with Crippen molar-refractivity contribution in [3.8, 4) is 12.3 Å². The molecule has 0 spiro atoms. The Bertz CT molecular complexity index is 908. The molecule has 0 aromatic carbocycles. The van der Waals surface area contributed by atoms with Crippen molar-refractivity contribution in [3.05, 3.63) is 62.3 Å². The van der Waals surface area contributed by atoms with Crippen LogP contribution in [-0.2, 0) is 11.2 Å².